The summed E-state index contributed by atoms with van der Waals surface area (Å²) in [5, 5.41) is 6.04. The fourth-order valence-electron chi connectivity index (χ4n) is 3.41. The fourth-order valence-corrected chi connectivity index (χ4v) is 6.10. The van der Waals surface area contributed by atoms with Crippen LogP contribution < -0.4 is 0 Å². The SMILES string of the molecule is CS(=O)(=O)c1ccc(C2=C(c3ccccc3)C(=O)OC2)cc1.O=P(O)(O)C(O)(Cn1ccnc1)P(=O)(O)O. The van der Waals surface area contributed by atoms with Crippen LogP contribution in [0.15, 0.2) is 78.2 Å². The molecule has 0 aliphatic carbocycles. The van der Waals surface area contributed by atoms with Crippen molar-refractivity contribution in [2.45, 2.75) is 16.5 Å². The standard InChI is InChI=1S/C17H14O4S.C5H10N2O7P2/c1-22(19,20)14-9-7-12(8-10-14)15-11-21-17(18)16(15)13-5-3-2-4-6-13;8-5(15(9,10)11,16(12,13)14)3-7-2-1-6-4-7/h2-10H,11H2,1H3;1-2,4,8H,3H2,(H2,9,10,11)(H2,12,13,14). The first-order valence-electron chi connectivity index (χ1n) is 10.6. The first kappa shape index (κ1) is 29.6. The highest BCUT2D eigenvalue weighted by Crippen LogP contribution is 2.67. The van der Waals surface area contributed by atoms with E-state index in [1.165, 1.54) is 18.6 Å². The average molecular weight is 586 g/mol. The van der Waals surface area contributed by atoms with E-state index >= 15 is 0 Å². The van der Waals surface area contributed by atoms with Gasteiger partial charge in [-0.25, -0.2) is 18.2 Å². The number of carbonyl (C=O) groups is 1. The van der Waals surface area contributed by atoms with Crippen LogP contribution in [0.25, 0.3) is 11.1 Å². The molecule has 5 N–H and O–H groups in total. The molecule has 4 rings (SSSR count). The van der Waals surface area contributed by atoms with Gasteiger partial charge in [-0.05, 0) is 23.3 Å². The van der Waals surface area contributed by atoms with Crippen LogP contribution in [0.4, 0.5) is 0 Å². The van der Waals surface area contributed by atoms with Gasteiger partial charge in [-0.15, -0.1) is 0 Å². The predicted octanol–water partition coefficient (Wildman–Crippen LogP) is 1.44. The minimum atomic E-state index is -5.41. The number of aromatic nitrogens is 2. The summed E-state index contributed by atoms with van der Waals surface area (Å²) in [4.78, 5) is 51.0. The molecule has 0 unspecified atom stereocenters. The van der Waals surface area contributed by atoms with E-state index in [4.69, 9.17) is 24.3 Å². The van der Waals surface area contributed by atoms with E-state index in [0.717, 1.165) is 27.6 Å². The lowest BCUT2D eigenvalue weighted by Gasteiger charge is -2.29. The lowest BCUT2D eigenvalue weighted by molar-refractivity contribution is -0.133. The molecular weight excluding hydrogens is 562 g/mol. The zero-order chi connectivity index (χ0) is 28.4. The summed E-state index contributed by atoms with van der Waals surface area (Å²) in [5.41, 5.74) is 2.90. The third-order valence-electron chi connectivity index (χ3n) is 5.43. The zero-order valence-electron chi connectivity index (χ0n) is 19.7. The molecule has 0 spiro atoms. The number of sulfone groups is 1. The van der Waals surface area contributed by atoms with Crippen molar-refractivity contribution in [3.05, 3.63) is 84.4 Å². The molecular formula is C22H24N2O11P2S. The van der Waals surface area contributed by atoms with Crippen LogP contribution in [-0.2, 0) is 35.0 Å². The maximum atomic E-state index is 12.0. The third kappa shape index (κ3) is 6.55. The summed E-state index contributed by atoms with van der Waals surface area (Å²) in [5.74, 6) is -0.353. The van der Waals surface area contributed by atoms with E-state index in [-0.39, 0.29) is 17.5 Å². The van der Waals surface area contributed by atoms with Crippen molar-refractivity contribution in [1.82, 2.24) is 9.55 Å². The van der Waals surface area contributed by atoms with Gasteiger partial charge >= 0.3 is 21.2 Å². The topological polar surface area (TPSA) is 214 Å². The Kier molecular flexibility index (Phi) is 8.61. The molecule has 1 aromatic heterocycles. The van der Waals surface area contributed by atoms with E-state index in [1.54, 1.807) is 24.3 Å². The van der Waals surface area contributed by atoms with Gasteiger partial charge in [0, 0.05) is 24.2 Å². The van der Waals surface area contributed by atoms with Gasteiger partial charge in [-0.3, -0.25) is 9.13 Å². The highest BCUT2D eigenvalue weighted by molar-refractivity contribution is 7.90. The number of aliphatic hydroxyl groups is 1. The number of esters is 1. The molecule has 3 aromatic rings. The van der Waals surface area contributed by atoms with E-state index in [2.05, 4.69) is 4.98 Å². The lowest BCUT2D eigenvalue weighted by atomic mass is 9.97. The van der Waals surface area contributed by atoms with Crippen molar-refractivity contribution in [3.8, 4) is 0 Å². The molecule has 1 aliphatic rings. The Bertz CT molecular complexity index is 1500. The molecule has 0 amide bonds. The Labute approximate surface area is 217 Å². The largest absolute Gasteiger partial charge is 0.457 e. The molecule has 0 fully saturated rings. The summed E-state index contributed by atoms with van der Waals surface area (Å²) in [7, 11) is -14.0. The Morgan fingerprint density at radius 1 is 0.974 bits per heavy atom. The minimum absolute atomic E-state index is 0.196. The van der Waals surface area contributed by atoms with Crippen LogP contribution in [0.2, 0.25) is 0 Å². The maximum absolute atomic E-state index is 12.0. The molecule has 0 saturated carbocycles. The summed E-state index contributed by atoms with van der Waals surface area (Å²) >= 11 is 0. The summed E-state index contributed by atoms with van der Waals surface area (Å²) in [6.07, 6.45) is 4.67. The number of hydrogen-bond acceptors (Lipinski definition) is 8. The number of cyclic esters (lactones) is 1. The molecule has 204 valence electrons. The second kappa shape index (κ2) is 11.0. The summed E-state index contributed by atoms with van der Waals surface area (Å²) < 4.78 is 51.0. The number of nitrogens with zero attached hydrogens (tertiary/aromatic N) is 2. The second-order valence-electron chi connectivity index (χ2n) is 8.19. The highest BCUT2D eigenvalue weighted by atomic mass is 32.2. The molecule has 2 heterocycles. The molecule has 0 atom stereocenters. The number of ether oxygens (including phenoxy) is 1. The van der Waals surface area contributed by atoms with Crippen molar-refractivity contribution in [3.63, 3.8) is 0 Å². The van der Waals surface area contributed by atoms with Gasteiger partial charge in [-0.1, -0.05) is 42.5 Å². The van der Waals surface area contributed by atoms with Crippen LogP contribution in [0.5, 0.6) is 0 Å². The molecule has 0 saturated heterocycles. The molecule has 16 heteroatoms. The van der Waals surface area contributed by atoms with Crippen molar-refractivity contribution in [2.24, 2.45) is 0 Å². The minimum Gasteiger partial charge on any atom is -0.457 e. The van der Waals surface area contributed by atoms with Gasteiger partial charge in [0.2, 0.25) is 0 Å². The first-order valence-corrected chi connectivity index (χ1v) is 15.7. The van der Waals surface area contributed by atoms with E-state index in [9.17, 15) is 27.4 Å². The van der Waals surface area contributed by atoms with E-state index < -0.39 is 36.7 Å². The van der Waals surface area contributed by atoms with Gasteiger partial charge in [0.05, 0.1) is 23.3 Å². The van der Waals surface area contributed by atoms with Gasteiger partial charge < -0.3 is 34.0 Å². The van der Waals surface area contributed by atoms with Crippen molar-refractivity contribution in [1.29, 1.82) is 0 Å². The van der Waals surface area contributed by atoms with Crippen molar-refractivity contribution < 1.29 is 51.8 Å². The second-order valence-corrected chi connectivity index (χ2v) is 14.2. The molecule has 2 aromatic carbocycles. The quantitative estimate of drug-likeness (QED) is 0.197. The number of carbonyl (C=O) groups excluding carboxylic acids is 1. The lowest BCUT2D eigenvalue weighted by Crippen LogP contribution is -2.33. The van der Waals surface area contributed by atoms with Gasteiger partial charge in [0.1, 0.15) is 6.61 Å². The number of imidazole rings is 1. The van der Waals surface area contributed by atoms with E-state index in [1.807, 2.05) is 30.3 Å². The van der Waals surface area contributed by atoms with Crippen molar-refractivity contribution >= 4 is 42.1 Å². The number of benzene rings is 2. The van der Waals surface area contributed by atoms with Crippen LogP contribution in [0.1, 0.15) is 11.1 Å². The van der Waals surface area contributed by atoms with Gasteiger partial charge in [0.15, 0.2) is 9.84 Å². The van der Waals surface area contributed by atoms with Crippen LogP contribution in [-0.4, -0.2) is 66.6 Å². The van der Waals surface area contributed by atoms with Crippen LogP contribution in [0, 0.1) is 0 Å². The molecule has 38 heavy (non-hydrogen) atoms. The zero-order valence-corrected chi connectivity index (χ0v) is 22.3. The Balaban J connectivity index is 0.000000223. The Hall–Kier alpha value is -2.93. The fraction of sp³-hybridized carbons (Fsp3) is 0.182. The first-order chi connectivity index (χ1) is 17.5. The van der Waals surface area contributed by atoms with Crippen molar-refractivity contribution in [2.75, 3.05) is 12.9 Å². The highest BCUT2D eigenvalue weighted by Gasteiger charge is 2.59. The molecule has 0 radical (unpaired) electrons. The smallest absolute Gasteiger partial charge is 0.371 e. The summed E-state index contributed by atoms with van der Waals surface area (Å²) in [6.45, 7) is -0.761. The molecule has 13 nitrogen and oxygen atoms in total. The number of rotatable bonds is 7. The van der Waals surface area contributed by atoms with Crippen LogP contribution >= 0.6 is 15.2 Å². The normalized spacial score (nSPS) is 14.6. The maximum Gasteiger partial charge on any atom is 0.371 e. The third-order valence-corrected chi connectivity index (χ3v) is 10.3. The Morgan fingerprint density at radius 3 is 2.03 bits per heavy atom. The van der Waals surface area contributed by atoms with Gasteiger partial charge in [-0.2, -0.15) is 0 Å². The predicted molar refractivity (Wildman–Crippen MR) is 135 cm³/mol. The monoisotopic (exact) mass is 586 g/mol. The van der Waals surface area contributed by atoms with Gasteiger partial charge in [0.25, 0.3) is 5.08 Å². The number of hydrogen-bond donors (Lipinski definition) is 5. The average Bonchev–Trinajstić information content (AvgIpc) is 3.47. The molecule has 1 aliphatic heterocycles. The molecule has 0 bridgehead atoms. The summed E-state index contributed by atoms with van der Waals surface area (Å²) in [6, 6.07) is 15.8. The van der Waals surface area contributed by atoms with Crippen LogP contribution in [0.3, 0.4) is 0 Å². The van der Waals surface area contributed by atoms with E-state index in [0.29, 0.717) is 5.57 Å². The Morgan fingerprint density at radius 2 is 1.55 bits per heavy atom.